The number of hydrogen-bond donors (Lipinski definition) is 1. The molecule has 2 aromatic rings. The number of nitrogens with one attached hydrogen (secondary N) is 1. The molecule has 0 aliphatic rings. The lowest BCUT2D eigenvalue weighted by atomic mass is 10.4. The van der Waals surface area contributed by atoms with Gasteiger partial charge in [-0.1, -0.05) is 0 Å². The molecule has 0 spiro atoms. The lowest BCUT2D eigenvalue weighted by Gasteiger charge is -1.89. The summed E-state index contributed by atoms with van der Waals surface area (Å²) in [5.74, 6) is 0. The van der Waals surface area contributed by atoms with Gasteiger partial charge >= 0.3 is 0 Å². The molecule has 0 unspecified atom stereocenters. The normalized spacial score (nSPS) is 10.6. The van der Waals surface area contributed by atoms with Crippen LogP contribution < -0.4 is 5.56 Å². The number of rotatable bonds is 0. The maximum absolute atomic E-state index is 11.0. The van der Waals surface area contributed by atoms with Crippen molar-refractivity contribution >= 4 is 21.6 Å². The van der Waals surface area contributed by atoms with Crippen molar-refractivity contribution in [2.75, 3.05) is 0 Å². The van der Waals surface area contributed by atoms with Gasteiger partial charge in [0.25, 0.3) is 5.56 Å². The van der Waals surface area contributed by atoms with Crippen LogP contribution in [0.25, 0.3) is 10.2 Å². The van der Waals surface area contributed by atoms with Crippen LogP contribution in [0.3, 0.4) is 0 Å². The molecule has 0 saturated carbocycles. The van der Waals surface area contributed by atoms with Crippen molar-refractivity contribution in [1.82, 2.24) is 15.2 Å². The zero-order chi connectivity index (χ0) is 7.84. The number of fused-ring (bicyclic) bond motifs is 1. The van der Waals surface area contributed by atoms with Crippen molar-refractivity contribution < 1.29 is 0 Å². The van der Waals surface area contributed by atoms with E-state index in [-0.39, 0.29) is 5.56 Å². The highest BCUT2D eigenvalue weighted by molar-refractivity contribution is 7.16. The summed E-state index contributed by atoms with van der Waals surface area (Å²) in [5.41, 5.74) is 3.85. The van der Waals surface area contributed by atoms with Crippen LogP contribution in [-0.2, 0) is 0 Å². The highest BCUT2D eigenvalue weighted by atomic mass is 32.1. The summed E-state index contributed by atoms with van der Waals surface area (Å²) in [6, 6.07) is 0. The molecule has 4 nitrogen and oxygen atoms in total. The van der Waals surface area contributed by atoms with Gasteiger partial charge in [0.05, 0.1) is 5.69 Å². The van der Waals surface area contributed by atoms with Crippen LogP contribution in [0.1, 0.15) is 5.69 Å². The summed E-state index contributed by atoms with van der Waals surface area (Å²) in [4.78, 5) is 14.9. The Morgan fingerprint density at radius 3 is 3.18 bits per heavy atom. The van der Waals surface area contributed by atoms with Crippen molar-refractivity contribution in [2.24, 2.45) is 0 Å². The summed E-state index contributed by atoms with van der Waals surface area (Å²) in [7, 11) is 0. The summed E-state index contributed by atoms with van der Waals surface area (Å²) in [6.07, 6.45) is 0. The monoisotopic (exact) mass is 166 g/mol. The van der Waals surface area contributed by atoms with Gasteiger partial charge in [-0.2, -0.15) is 5.10 Å². The van der Waals surface area contributed by atoms with E-state index in [0.29, 0.717) is 10.2 Å². The number of aromatic amines is 1. The molecule has 1 radical (unpaired) electrons. The van der Waals surface area contributed by atoms with E-state index in [1.54, 1.807) is 6.92 Å². The third-order valence-corrected chi connectivity index (χ3v) is 2.16. The predicted molar refractivity (Wildman–Crippen MR) is 41.6 cm³/mol. The largest absolute Gasteiger partial charge is 0.283 e. The standard InChI is InChI=1S/C6H4N3OS/c1-3-4-5(11-2-7-4)6(10)9-8-3/h1H3,(H,9,10). The highest BCUT2D eigenvalue weighted by Gasteiger charge is 2.04. The fraction of sp³-hybridized carbons (Fsp3) is 0.167. The molecule has 55 valence electrons. The van der Waals surface area contributed by atoms with E-state index in [9.17, 15) is 4.79 Å². The van der Waals surface area contributed by atoms with Crippen molar-refractivity contribution in [3.05, 3.63) is 21.6 Å². The molecular weight excluding hydrogens is 162 g/mol. The molecule has 2 aromatic heterocycles. The van der Waals surface area contributed by atoms with Crippen LogP contribution in [0.5, 0.6) is 0 Å². The van der Waals surface area contributed by atoms with Gasteiger partial charge in [0.1, 0.15) is 10.2 Å². The number of thiazole rings is 1. The molecule has 0 saturated heterocycles. The molecule has 0 atom stereocenters. The maximum atomic E-state index is 11.0. The van der Waals surface area contributed by atoms with Gasteiger partial charge in [0.15, 0.2) is 5.51 Å². The lowest BCUT2D eigenvalue weighted by molar-refractivity contribution is 0.968. The Bertz CT molecular complexity index is 444. The third kappa shape index (κ3) is 0.848. The van der Waals surface area contributed by atoms with Gasteiger partial charge in [-0.05, 0) is 6.92 Å². The molecule has 0 aromatic carbocycles. The van der Waals surface area contributed by atoms with E-state index in [0.717, 1.165) is 5.69 Å². The van der Waals surface area contributed by atoms with Crippen molar-refractivity contribution in [3.63, 3.8) is 0 Å². The number of H-pyrrole nitrogens is 1. The Balaban J connectivity index is 3.08. The number of aromatic nitrogens is 3. The first-order valence-electron chi connectivity index (χ1n) is 3.01. The SMILES string of the molecule is Cc1n[nH]c(=O)c2s[c]nc12. The average Bonchev–Trinajstić information content (AvgIpc) is 2.45. The van der Waals surface area contributed by atoms with Crippen LogP contribution in [0.15, 0.2) is 4.79 Å². The zero-order valence-electron chi connectivity index (χ0n) is 5.71. The maximum Gasteiger partial charge on any atom is 0.283 e. The van der Waals surface area contributed by atoms with Crippen molar-refractivity contribution in [3.8, 4) is 0 Å². The Labute approximate surface area is 65.9 Å². The van der Waals surface area contributed by atoms with Crippen LogP contribution in [0, 0.1) is 12.4 Å². The molecular formula is C6H4N3OS. The second-order valence-electron chi connectivity index (χ2n) is 2.12. The summed E-state index contributed by atoms with van der Waals surface area (Å²) >= 11 is 1.21. The smallest absolute Gasteiger partial charge is 0.266 e. The van der Waals surface area contributed by atoms with Gasteiger partial charge in [0, 0.05) is 0 Å². The van der Waals surface area contributed by atoms with Gasteiger partial charge in [-0.15, -0.1) is 11.3 Å². The van der Waals surface area contributed by atoms with E-state index in [1.165, 1.54) is 11.3 Å². The zero-order valence-corrected chi connectivity index (χ0v) is 6.53. The predicted octanol–water partition coefficient (Wildman–Crippen LogP) is 0.488. The number of hydrogen-bond acceptors (Lipinski definition) is 4. The third-order valence-electron chi connectivity index (χ3n) is 1.39. The molecule has 11 heavy (non-hydrogen) atoms. The molecule has 2 heterocycles. The van der Waals surface area contributed by atoms with Crippen LogP contribution >= 0.6 is 11.3 Å². The van der Waals surface area contributed by atoms with E-state index < -0.39 is 0 Å². The molecule has 1 N–H and O–H groups in total. The molecule has 2 rings (SSSR count). The van der Waals surface area contributed by atoms with Crippen molar-refractivity contribution in [2.45, 2.75) is 6.92 Å². The van der Waals surface area contributed by atoms with E-state index in [4.69, 9.17) is 0 Å². The Hall–Kier alpha value is -1.23. The van der Waals surface area contributed by atoms with Gasteiger partial charge in [0.2, 0.25) is 0 Å². The second kappa shape index (κ2) is 2.13. The summed E-state index contributed by atoms with van der Waals surface area (Å²) in [5, 5.41) is 6.14. The van der Waals surface area contributed by atoms with Gasteiger partial charge in [-0.25, -0.2) is 10.1 Å². The van der Waals surface area contributed by atoms with Gasteiger partial charge in [-0.3, -0.25) is 4.79 Å². The summed E-state index contributed by atoms with van der Waals surface area (Å²) < 4.78 is 0.595. The first kappa shape index (κ1) is 6.48. The Morgan fingerprint density at radius 2 is 2.45 bits per heavy atom. The minimum absolute atomic E-state index is 0.190. The van der Waals surface area contributed by atoms with Gasteiger partial charge < -0.3 is 0 Å². The molecule has 0 aliphatic heterocycles. The fourth-order valence-electron chi connectivity index (χ4n) is 0.851. The lowest BCUT2D eigenvalue weighted by Crippen LogP contribution is -2.07. The molecule has 0 bridgehead atoms. The molecule has 0 fully saturated rings. The van der Waals surface area contributed by atoms with E-state index in [1.807, 2.05) is 0 Å². The average molecular weight is 166 g/mol. The molecule has 5 heteroatoms. The number of aryl methyl sites for hydroxylation is 1. The van der Waals surface area contributed by atoms with E-state index in [2.05, 4.69) is 20.7 Å². The molecule has 0 aliphatic carbocycles. The van der Waals surface area contributed by atoms with Crippen molar-refractivity contribution in [1.29, 1.82) is 0 Å². The first-order chi connectivity index (χ1) is 5.29. The Morgan fingerprint density at radius 1 is 1.64 bits per heavy atom. The van der Waals surface area contributed by atoms with Crippen LogP contribution in [0.4, 0.5) is 0 Å². The second-order valence-corrected chi connectivity index (χ2v) is 2.92. The minimum atomic E-state index is -0.190. The quantitative estimate of drug-likeness (QED) is 0.619. The fourth-order valence-corrected chi connectivity index (χ4v) is 1.51. The Kier molecular flexibility index (Phi) is 1.25. The minimum Gasteiger partial charge on any atom is -0.266 e. The highest BCUT2D eigenvalue weighted by Crippen LogP contribution is 2.12. The summed E-state index contributed by atoms with van der Waals surface area (Å²) in [6.45, 7) is 1.80. The topological polar surface area (TPSA) is 58.6 Å². The van der Waals surface area contributed by atoms with Crippen LogP contribution in [-0.4, -0.2) is 15.2 Å². The van der Waals surface area contributed by atoms with E-state index >= 15 is 0 Å². The van der Waals surface area contributed by atoms with Crippen LogP contribution in [0.2, 0.25) is 0 Å². The first-order valence-corrected chi connectivity index (χ1v) is 3.82. The number of nitrogens with zero attached hydrogens (tertiary/aromatic N) is 2. The molecule has 0 amide bonds.